The van der Waals surface area contributed by atoms with Crippen molar-refractivity contribution in [3.05, 3.63) is 22.9 Å². The molecule has 1 aliphatic rings. The number of ether oxygens (including phenoxy) is 1. The molecule has 29 heavy (non-hydrogen) atoms. The average Bonchev–Trinajstić information content (AvgIpc) is 2.61. The summed E-state index contributed by atoms with van der Waals surface area (Å²) in [6.07, 6.45) is -3.68. The van der Waals surface area contributed by atoms with Gasteiger partial charge in [0.25, 0.3) is 0 Å². The maximum absolute atomic E-state index is 12.3. The van der Waals surface area contributed by atoms with Gasteiger partial charge in [-0.2, -0.15) is 18.4 Å². The number of Topliss-reactive ketones (excluding diaryl/α,β-unsaturated/α-hetero) is 1. The SMILES string of the molecule is CCC1=C(N(N)C(=O)OC(C)(C)C)CCC(/C=C(\C#N)C(=O)CCC(F)(F)F)C1. The molecule has 1 amide bonds. The maximum Gasteiger partial charge on any atom is 0.429 e. The van der Waals surface area contributed by atoms with Crippen LogP contribution < -0.4 is 5.84 Å². The molecule has 1 atom stereocenters. The first-order chi connectivity index (χ1) is 13.3. The van der Waals surface area contributed by atoms with Crippen LogP contribution in [0, 0.1) is 17.2 Å². The van der Waals surface area contributed by atoms with Crippen molar-refractivity contribution in [3.63, 3.8) is 0 Å². The molecule has 1 aliphatic carbocycles. The van der Waals surface area contributed by atoms with Crippen LogP contribution in [0.1, 0.15) is 66.2 Å². The molecule has 9 heteroatoms. The van der Waals surface area contributed by atoms with Crippen LogP contribution >= 0.6 is 0 Å². The lowest BCUT2D eigenvalue weighted by molar-refractivity contribution is -0.141. The molecule has 0 aliphatic heterocycles. The first kappa shape index (κ1) is 24.7. The summed E-state index contributed by atoms with van der Waals surface area (Å²) in [5.74, 6) is 4.94. The first-order valence-corrected chi connectivity index (χ1v) is 9.48. The Morgan fingerprint density at radius 1 is 1.34 bits per heavy atom. The van der Waals surface area contributed by atoms with Gasteiger partial charge in [-0.25, -0.2) is 15.6 Å². The minimum Gasteiger partial charge on any atom is -0.442 e. The van der Waals surface area contributed by atoms with E-state index in [0.29, 0.717) is 31.4 Å². The summed E-state index contributed by atoms with van der Waals surface area (Å²) < 4.78 is 42.2. The number of alkyl halides is 3. The Hall–Kier alpha value is -2.34. The zero-order valence-electron chi connectivity index (χ0n) is 17.2. The van der Waals surface area contributed by atoms with Crippen LogP contribution in [0.25, 0.3) is 0 Å². The number of halogens is 3. The summed E-state index contributed by atoms with van der Waals surface area (Å²) in [7, 11) is 0. The van der Waals surface area contributed by atoms with Crippen LogP contribution in [0.5, 0.6) is 0 Å². The van der Waals surface area contributed by atoms with Crippen molar-refractivity contribution in [2.24, 2.45) is 11.8 Å². The molecule has 0 saturated carbocycles. The van der Waals surface area contributed by atoms with Gasteiger partial charge in [0.05, 0.1) is 12.0 Å². The van der Waals surface area contributed by atoms with Gasteiger partial charge < -0.3 is 4.74 Å². The summed E-state index contributed by atoms with van der Waals surface area (Å²) in [5.41, 5.74) is 0.564. The molecule has 6 nitrogen and oxygen atoms in total. The minimum absolute atomic E-state index is 0.190. The van der Waals surface area contributed by atoms with Crippen LogP contribution in [0.15, 0.2) is 22.9 Å². The normalized spacial score (nSPS) is 18.3. The van der Waals surface area contributed by atoms with Crippen LogP contribution in [0.2, 0.25) is 0 Å². The molecule has 0 radical (unpaired) electrons. The Morgan fingerprint density at radius 2 is 1.97 bits per heavy atom. The lowest BCUT2D eigenvalue weighted by Crippen LogP contribution is -2.42. The van der Waals surface area contributed by atoms with Gasteiger partial charge in [-0.05, 0) is 57.9 Å². The first-order valence-electron chi connectivity index (χ1n) is 9.48. The number of nitrogens with zero attached hydrogens (tertiary/aromatic N) is 2. The van der Waals surface area contributed by atoms with Crippen molar-refractivity contribution in [2.45, 2.75) is 78.0 Å². The number of rotatable bonds is 6. The smallest absolute Gasteiger partial charge is 0.429 e. The third kappa shape index (κ3) is 8.28. The van der Waals surface area contributed by atoms with E-state index in [9.17, 15) is 28.0 Å². The number of amides is 1. The monoisotopic (exact) mass is 415 g/mol. The predicted octanol–water partition coefficient (Wildman–Crippen LogP) is 4.92. The van der Waals surface area contributed by atoms with E-state index in [1.807, 2.05) is 6.92 Å². The topological polar surface area (TPSA) is 96.4 Å². The second-order valence-electron chi connectivity index (χ2n) is 7.99. The van der Waals surface area contributed by atoms with E-state index in [2.05, 4.69) is 0 Å². The van der Waals surface area contributed by atoms with Crippen LogP contribution in [-0.2, 0) is 9.53 Å². The number of hydrogen-bond donors (Lipinski definition) is 1. The summed E-state index contributed by atoms with van der Waals surface area (Å²) in [6.45, 7) is 7.09. The Labute approximate surface area is 169 Å². The third-order valence-corrected chi connectivity index (χ3v) is 4.44. The largest absolute Gasteiger partial charge is 0.442 e. The molecule has 0 fully saturated rings. The maximum atomic E-state index is 12.3. The molecule has 1 rings (SSSR count). The highest BCUT2D eigenvalue weighted by molar-refractivity contribution is 5.99. The van der Waals surface area contributed by atoms with E-state index in [1.165, 1.54) is 6.08 Å². The summed E-state index contributed by atoms with van der Waals surface area (Å²) in [6, 6.07) is 1.72. The zero-order valence-corrected chi connectivity index (χ0v) is 17.2. The predicted molar refractivity (Wildman–Crippen MR) is 101 cm³/mol. The molecule has 0 aromatic heterocycles. The van der Waals surface area contributed by atoms with E-state index in [4.69, 9.17) is 10.6 Å². The van der Waals surface area contributed by atoms with Crippen molar-refractivity contribution in [3.8, 4) is 6.07 Å². The van der Waals surface area contributed by atoms with Crippen molar-refractivity contribution < 1.29 is 27.5 Å². The fourth-order valence-electron chi connectivity index (χ4n) is 3.06. The average molecular weight is 415 g/mol. The van der Waals surface area contributed by atoms with Crippen molar-refractivity contribution in [1.29, 1.82) is 5.26 Å². The Balaban J connectivity index is 2.92. The minimum atomic E-state index is -4.44. The highest BCUT2D eigenvalue weighted by Gasteiger charge is 2.30. The van der Waals surface area contributed by atoms with Gasteiger partial charge in [-0.15, -0.1) is 0 Å². The number of ketones is 1. The van der Waals surface area contributed by atoms with Crippen molar-refractivity contribution in [2.75, 3.05) is 0 Å². The number of carbonyl (C=O) groups is 2. The second kappa shape index (κ2) is 9.92. The molecular formula is C20H28F3N3O3. The van der Waals surface area contributed by atoms with Gasteiger partial charge in [0.1, 0.15) is 11.7 Å². The van der Waals surface area contributed by atoms with Gasteiger partial charge in [-0.1, -0.05) is 13.0 Å². The van der Waals surface area contributed by atoms with Gasteiger partial charge >= 0.3 is 12.3 Å². The molecule has 0 aromatic rings. The number of allylic oxidation sites excluding steroid dienone is 4. The second-order valence-corrected chi connectivity index (χ2v) is 7.99. The van der Waals surface area contributed by atoms with E-state index in [0.717, 1.165) is 10.6 Å². The van der Waals surface area contributed by atoms with E-state index in [-0.39, 0.29) is 11.5 Å². The highest BCUT2D eigenvalue weighted by Crippen LogP contribution is 2.34. The fraction of sp³-hybridized carbons (Fsp3) is 0.650. The lowest BCUT2D eigenvalue weighted by Gasteiger charge is -2.31. The van der Waals surface area contributed by atoms with Crippen LogP contribution in [0.3, 0.4) is 0 Å². The Morgan fingerprint density at radius 3 is 2.45 bits per heavy atom. The zero-order chi connectivity index (χ0) is 22.4. The molecular weight excluding hydrogens is 387 g/mol. The lowest BCUT2D eigenvalue weighted by atomic mass is 9.84. The molecule has 0 heterocycles. The van der Waals surface area contributed by atoms with Gasteiger partial charge in [-0.3, -0.25) is 4.79 Å². The Bertz CT molecular complexity index is 728. The van der Waals surface area contributed by atoms with E-state index >= 15 is 0 Å². The van der Waals surface area contributed by atoms with E-state index < -0.39 is 36.5 Å². The molecule has 162 valence electrons. The number of nitriles is 1. The summed E-state index contributed by atoms with van der Waals surface area (Å²) >= 11 is 0. The third-order valence-electron chi connectivity index (χ3n) is 4.44. The van der Waals surface area contributed by atoms with Crippen LogP contribution in [-0.4, -0.2) is 28.7 Å². The number of hydrogen-bond acceptors (Lipinski definition) is 5. The van der Waals surface area contributed by atoms with Gasteiger partial charge in [0.2, 0.25) is 0 Å². The highest BCUT2D eigenvalue weighted by atomic mass is 19.4. The molecule has 1 unspecified atom stereocenters. The standard InChI is InChI=1S/C20H28F3N3O3/c1-5-14-10-13(11-15(12-24)17(27)8-9-20(21,22)23)6-7-16(14)26(25)18(28)29-19(2,3)4/h11,13H,5-10,25H2,1-4H3/b15-11+. The molecule has 0 aromatic carbocycles. The molecule has 0 spiro atoms. The van der Waals surface area contributed by atoms with Crippen LogP contribution in [0.4, 0.5) is 18.0 Å². The molecule has 0 saturated heterocycles. The Kier molecular flexibility index (Phi) is 8.45. The summed E-state index contributed by atoms with van der Waals surface area (Å²) in [4.78, 5) is 24.2. The van der Waals surface area contributed by atoms with Crippen molar-refractivity contribution in [1.82, 2.24) is 5.01 Å². The van der Waals surface area contributed by atoms with Crippen molar-refractivity contribution >= 4 is 11.9 Å². The molecule has 0 bridgehead atoms. The fourth-order valence-corrected chi connectivity index (χ4v) is 3.06. The number of hydrazine groups is 1. The summed E-state index contributed by atoms with van der Waals surface area (Å²) in [5, 5.41) is 10.2. The molecule has 2 N–H and O–H groups in total. The number of nitrogens with two attached hydrogens (primary N) is 1. The van der Waals surface area contributed by atoms with Gasteiger partial charge in [0.15, 0.2) is 5.78 Å². The quantitative estimate of drug-likeness (QED) is 0.218. The number of carbonyl (C=O) groups excluding carboxylic acids is 2. The van der Waals surface area contributed by atoms with E-state index in [1.54, 1.807) is 26.8 Å². The van der Waals surface area contributed by atoms with Gasteiger partial charge in [0, 0.05) is 12.1 Å².